The van der Waals surface area contributed by atoms with Crippen molar-refractivity contribution < 1.29 is 19.1 Å². The van der Waals surface area contributed by atoms with Crippen LogP contribution in [0.3, 0.4) is 0 Å². The summed E-state index contributed by atoms with van der Waals surface area (Å²) in [7, 11) is 3.23. The number of methoxy groups -OCH3 is 1. The number of rotatable bonds is 5. The normalized spacial score (nSPS) is 21.8. The van der Waals surface area contributed by atoms with Gasteiger partial charge in [-0.2, -0.15) is 0 Å². The number of hydrogen-bond acceptors (Lipinski definition) is 4. The van der Waals surface area contributed by atoms with E-state index in [1.54, 1.807) is 38.4 Å². The van der Waals surface area contributed by atoms with Crippen molar-refractivity contribution in [2.24, 2.45) is 0 Å². The molecular formula is C15H19ClN2O4. The third-order valence-corrected chi connectivity index (χ3v) is 3.81. The number of hydrogen-bond donors (Lipinski definition) is 1. The molecule has 2 rings (SSSR count). The molecule has 0 aromatic heterocycles. The first-order chi connectivity index (χ1) is 10.5. The highest BCUT2D eigenvalue weighted by atomic mass is 35.5. The largest absolute Gasteiger partial charge is 0.383 e. The fourth-order valence-corrected chi connectivity index (χ4v) is 2.49. The van der Waals surface area contributed by atoms with Gasteiger partial charge in [-0.05, 0) is 17.7 Å². The van der Waals surface area contributed by atoms with Crippen LogP contribution in [0, 0.1) is 0 Å². The number of nitrogens with zero attached hydrogens (tertiary/aromatic N) is 1. The van der Waals surface area contributed by atoms with Gasteiger partial charge >= 0.3 is 0 Å². The van der Waals surface area contributed by atoms with Gasteiger partial charge in [-0.15, -0.1) is 0 Å². The Bertz CT molecular complexity index is 535. The second kappa shape index (κ2) is 7.58. The van der Waals surface area contributed by atoms with Gasteiger partial charge in [0.2, 0.25) is 5.91 Å². The first kappa shape index (κ1) is 16.7. The Kier molecular flexibility index (Phi) is 5.76. The number of carbonyl (C=O) groups is 2. The average Bonchev–Trinajstić information content (AvgIpc) is 2.51. The molecule has 0 bridgehead atoms. The van der Waals surface area contributed by atoms with Gasteiger partial charge in [-0.3, -0.25) is 9.59 Å². The summed E-state index contributed by atoms with van der Waals surface area (Å²) in [6.07, 6.45) is -0.763. The number of benzene rings is 1. The molecule has 7 heteroatoms. The predicted octanol–water partition coefficient (Wildman–Crippen LogP) is 1.00. The van der Waals surface area contributed by atoms with Crippen LogP contribution in [0.5, 0.6) is 0 Å². The summed E-state index contributed by atoms with van der Waals surface area (Å²) in [5, 5.41) is 3.34. The lowest BCUT2D eigenvalue weighted by molar-refractivity contribution is -0.162. The van der Waals surface area contributed by atoms with Crippen LogP contribution in [0.25, 0.3) is 0 Å². The van der Waals surface area contributed by atoms with Gasteiger partial charge in [0, 0.05) is 25.7 Å². The van der Waals surface area contributed by atoms with E-state index >= 15 is 0 Å². The first-order valence-corrected chi connectivity index (χ1v) is 7.31. The van der Waals surface area contributed by atoms with Crippen molar-refractivity contribution in [3.8, 4) is 0 Å². The van der Waals surface area contributed by atoms with Crippen LogP contribution >= 0.6 is 11.6 Å². The summed E-state index contributed by atoms with van der Waals surface area (Å²) in [6.45, 7) is 0.696. The number of amides is 2. The van der Waals surface area contributed by atoms with E-state index in [0.29, 0.717) is 18.2 Å². The Morgan fingerprint density at radius 3 is 2.77 bits per heavy atom. The van der Waals surface area contributed by atoms with Crippen LogP contribution in [0.15, 0.2) is 24.3 Å². The smallest absolute Gasteiger partial charge is 0.251 e. The quantitative estimate of drug-likeness (QED) is 0.820. The molecule has 22 heavy (non-hydrogen) atoms. The standard InChI is InChI=1S/C15H19ClN2O4/c1-18-12(19)9-22-14(15(20)17-7-8-21-2)13(18)10-3-5-11(16)6-4-10/h3-6,13-14H,7-9H2,1-2H3,(H,17,20)/t13-,14+/m0/s1. The fourth-order valence-electron chi connectivity index (χ4n) is 2.37. The number of ether oxygens (including phenoxy) is 2. The SMILES string of the molecule is COCCNC(=O)[C@@H]1OCC(=O)N(C)[C@H]1c1ccc(Cl)cc1. The van der Waals surface area contributed by atoms with Crippen molar-refractivity contribution in [2.75, 3.05) is 33.9 Å². The number of carbonyl (C=O) groups excluding carboxylic acids is 2. The van der Waals surface area contributed by atoms with Crippen LogP contribution in [0.1, 0.15) is 11.6 Å². The first-order valence-electron chi connectivity index (χ1n) is 6.94. The van der Waals surface area contributed by atoms with Gasteiger partial charge in [0.1, 0.15) is 6.61 Å². The van der Waals surface area contributed by atoms with E-state index in [0.717, 1.165) is 5.56 Å². The molecule has 2 atom stereocenters. The van der Waals surface area contributed by atoms with Crippen LogP contribution in [0.2, 0.25) is 5.02 Å². The number of morpholine rings is 1. The molecule has 1 fully saturated rings. The molecule has 1 saturated heterocycles. The molecule has 2 amide bonds. The Balaban J connectivity index is 2.20. The summed E-state index contributed by atoms with van der Waals surface area (Å²) >= 11 is 5.89. The maximum absolute atomic E-state index is 12.3. The molecule has 0 unspecified atom stereocenters. The topological polar surface area (TPSA) is 67.9 Å². The summed E-state index contributed by atoms with van der Waals surface area (Å²) in [6, 6.07) is 6.55. The summed E-state index contributed by atoms with van der Waals surface area (Å²) in [4.78, 5) is 25.8. The lowest BCUT2D eigenvalue weighted by atomic mass is 9.97. The average molecular weight is 327 g/mol. The number of likely N-dealkylation sites (N-methyl/N-ethyl adjacent to an activating group) is 1. The van der Waals surface area contributed by atoms with Crippen molar-refractivity contribution in [1.82, 2.24) is 10.2 Å². The zero-order valence-electron chi connectivity index (χ0n) is 12.5. The second-order valence-corrected chi connectivity index (χ2v) is 5.45. The van der Waals surface area contributed by atoms with E-state index in [9.17, 15) is 9.59 Å². The van der Waals surface area contributed by atoms with E-state index in [2.05, 4.69) is 5.32 Å². The zero-order chi connectivity index (χ0) is 16.1. The lowest BCUT2D eigenvalue weighted by Gasteiger charge is -2.38. The zero-order valence-corrected chi connectivity index (χ0v) is 13.3. The summed E-state index contributed by atoms with van der Waals surface area (Å²) in [5.74, 6) is -0.433. The third-order valence-electron chi connectivity index (χ3n) is 3.56. The molecule has 0 aliphatic carbocycles. The van der Waals surface area contributed by atoms with Crippen LogP contribution in [-0.2, 0) is 19.1 Å². The van der Waals surface area contributed by atoms with Gasteiger partial charge in [0.05, 0.1) is 12.6 Å². The third kappa shape index (κ3) is 3.76. The van der Waals surface area contributed by atoms with E-state index < -0.39 is 12.1 Å². The predicted molar refractivity (Wildman–Crippen MR) is 81.6 cm³/mol. The molecule has 1 aliphatic rings. The van der Waals surface area contributed by atoms with Gasteiger partial charge in [0.15, 0.2) is 6.10 Å². The fraction of sp³-hybridized carbons (Fsp3) is 0.467. The van der Waals surface area contributed by atoms with E-state index in [1.165, 1.54) is 4.90 Å². The lowest BCUT2D eigenvalue weighted by Crippen LogP contribution is -2.53. The maximum Gasteiger partial charge on any atom is 0.251 e. The van der Waals surface area contributed by atoms with Crippen molar-refractivity contribution >= 4 is 23.4 Å². The minimum atomic E-state index is -0.763. The molecule has 1 aliphatic heterocycles. The minimum Gasteiger partial charge on any atom is -0.383 e. The van der Waals surface area contributed by atoms with Crippen molar-refractivity contribution in [3.05, 3.63) is 34.9 Å². The van der Waals surface area contributed by atoms with Gasteiger partial charge < -0.3 is 19.7 Å². The van der Waals surface area contributed by atoms with Crippen molar-refractivity contribution in [2.45, 2.75) is 12.1 Å². The van der Waals surface area contributed by atoms with Crippen LogP contribution in [-0.4, -0.2) is 56.7 Å². The Morgan fingerprint density at radius 1 is 1.45 bits per heavy atom. The number of halogens is 1. The van der Waals surface area contributed by atoms with Crippen LogP contribution < -0.4 is 5.32 Å². The summed E-state index contributed by atoms with van der Waals surface area (Å²) < 4.78 is 10.4. The Morgan fingerprint density at radius 2 is 2.14 bits per heavy atom. The Labute approximate surface area is 134 Å². The minimum absolute atomic E-state index is 0.108. The Hall–Kier alpha value is -1.63. The van der Waals surface area contributed by atoms with Crippen molar-refractivity contribution in [3.63, 3.8) is 0 Å². The molecule has 1 N–H and O–H groups in total. The molecule has 0 radical (unpaired) electrons. The van der Waals surface area contributed by atoms with E-state index in [1.807, 2.05) is 0 Å². The molecule has 1 aromatic rings. The highest BCUT2D eigenvalue weighted by Crippen LogP contribution is 2.29. The molecular weight excluding hydrogens is 308 g/mol. The summed E-state index contributed by atoms with van der Waals surface area (Å²) in [5.41, 5.74) is 0.798. The van der Waals surface area contributed by atoms with Crippen LogP contribution in [0.4, 0.5) is 0 Å². The molecule has 1 aromatic carbocycles. The maximum atomic E-state index is 12.3. The molecule has 0 spiro atoms. The molecule has 0 saturated carbocycles. The number of nitrogens with one attached hydrogen (secondary N) is 1. The van der Waals surface area contributed by atoms with Gasteiger partial charge in [-0.1, -0.05) is 23.7 Å². The van der Waals surface area contributed by atoms with Gasteiger partial charge in [-0.25, -0.2) is 0 Å². The monoisotopic (exact) mass is 326 g/mol. The van der Waals surface area contributed by atoms with E-state index in [-0.39, 0.29) is 18.4 Å². The second-order valence-electron chi connectivity index (χ2n) is 5.02. The highest BCUT2D eigenvalue weighted by Gasteiger charge is 2.39. The molecule has 1 heterocycles. The van der Waals surface area contributed by atoms with E-state index in [4.69, 9.17) is 21.1 Å². The molecule has 6 nitrogen and oxygen atoms in total. The highest BCUT2D eigenvalue weighted by molar-refractivity contribution is 6.30. The van der Waals surface area contributed by atoms with Crippen molar-refractivity contribution in [1.29, 1.82) is 0 Å². The van der Waals surface area contributed by atoms with Gasteiger partial charge in [0.25, 0.3) is 5.91 Å². The molecule has 120 valence electrons.